The fraction of sp³-hybridized carbons (Fsp3) is 0.250. The van der Waals surface area contributed by atoms with E-state index in [9.17, 15) is 0 Å². The highest BCUT2D eigenvalue weighted by molar-refractivity contribution is 5.21. The summed E-state index contributed by atoms with van der Waals surface area (Å²) in [6, 6.07) is -0.922. The topological polar surface area (TPSA) is 97.5 Å². The average Bonchev–Trinajstić information content (AvgIpc) is 2.16. The Bertz CT molecular complexity index is 331. The van der Waals surface area contributed by atoms with Crippen LogP contribution in [0.25, 0.3) is 20.9 Å². The lowest BCUT2D eigenvalue weighted by Gasteiger charge is -2.11. The molecule has 1 aliphatic rings. The molecule has 0 bridgehead atoms. The SMILES string of the molecule is [N-]=[N+]=NC1\C=C/C=C\C=C/C1N=[N+]=[N-]. The van der Waals surface area contributed by atoms with E-state index < -0.39 is 12.1 Å². The van der Waals surface area contributed by atoms with Crippen molar-refractivity contribution in [3.05, 3.63) is 57.3 Å². The number of hydrogen-bond acceptors (Lipinski definition) is 2. The summed E-state index contributed by atoms with van der Waals surface area (Å²) < 4.78 is 0. The molecule has 0 radical (unpaired) electrons. The molecule has 0 aromatic carbocycles. The molecule has 6 heteroatoms. The quantitative estimate of drug-likeness (QED) is 0.361. The van der Waals surface area contributed by atoms with Gasteiger partial charge in [-0.3, -0.25) is 0 Å². The Morgan fingerprint density at radius 1 is 0.786 bits per heavy atom. The van der Waals surface area contributed by atoms with Crippen LogP contribution in [0.4, 0.5) is 0 Å². The first-order valence-corrected chi connectivity index (χ1v) is 3.98. The normalized spacial score (nSPS) is 31.1. The predicted molar refractivity (Wildman–Crippen MR) is 53.3 cm³/mol. The fourth-order valence-corrected chi connectivity index (χ4v) is 1.04. The summed E-state index contributed by atoms with van der Waals surface area (Å²) in [5, 5.41) is 7.06. The summed E-state index contributed by atoms with van der Waals surface area (Å²) in [6.07, 6.45) is 10.5. The van der Waals surface area contributed by atoms with Crippen molar-refractivity contribution in [2.45, 2.75) is 12.1 Å². The van der Waals surface area contributed by atoms with E-state index in [1.54, 1.807) is 24.3 Å². The minimum absolute atomic E-state index is 0.461. The van der Waals surface area contributed by atoms with E-state index in [4.69, 9.17) is 11.1 Å². The van der Waals surface area contributed by atoms with Gasteiger partial charge in [0.05, 0.1) is 12.1 Å². The van der Waals surface area contributed by atoms with Crippen molar-refractivity contribution in [2.24, 2.45) is 10.2 Å². The van der Waals surface area contributed by atoms with Gasteiger partial charge in [0.1, 0.15) is 0 Å². The van der Waals surface area contributed by atoms with Crippen LogP contribution < -0.4 is 0 Å². The van der Waals surface area contributed by atoms with Crippen LogP contribution in [0.2, 0.25) is 0 Å². The Morgan fingerprint density at radius 3 is 1.57 bits per heavy atom. The second-order valence-electron chi connectivity index (χ2n) is 2.55. The molecular formula is C8H8N6. The highest BCUT2D eigenvalue weighted by Crippen LogP contribution is 2.10. The molecule has 0 saturated carbocycles. The Labute approximate surface area is 80.5 Å². The summed E-state index contributed by atoms with van der Waals surface area (Å²) in [7, 11) is 0. The van der Waals surface area contributed by atoms with Crippen molar-refractivity contribution in [2.75, 3.05) is 0 Å². The highest BCUT2D eigenvalue weighted by atomic mass is 15.2. The van der Waals surface area contributed by atoms with Gasteiger partial charge in [-0.15, -0.1) is 0 Å². The molecule has 1 aliphatic carbocycles. The first-order valence-electron chi connectivity index (χ1n) is 3.98. The van der Waals surface area contributed by atoms with Gasteiger partial charge in [0, 0.05) is 9.82 Å². The van der Waals surface area contributed by atoms with E-state index >= 15 is 0 Å². The number of rotatable bonds is 2. The van der Waals surface area contributed by atoms with Gasteiger partial charge in [0.15, 0.2) is 0 Å². The Kier molecular flexibility index (Phi) is 3.88. The van der Waals surface area contributed by atoms with E-state index in [2.05, 4.69) is 20.1 Å². The van der Waals surface area contributed by atoms with Gasteiger partial charge < -0.3 is 0 Å². The van der Waals surface area contributed by atoms with Gasteiger partial charge in [-0.05, 0) is 11.1 Å². The fourth-order valence-electron chi connectivity index (χ4n) is 1.04. The number of nitrogens with zero attached hydrogens (tertiary/aromatic N) is 6. The van der Waals surface area contributed by atoms with Crippen molar-refractivity contribution in [3.8, 4) is 0 Å². The third-order valence-corrected chi connectivity index (χ3v) is 1.67. The zero-order chi connectivity index (χ0) is 10.2. The molecule has 0 N–H and O–H groups in total. The summed E-state index contributed by atoms with van der Waals surface area (Å²) in [6.45, 7) is 0. The Hall–Kier alpha value is -2.16. The number of hydrogen-bond donors (Lipinski definition) is 0. The molecule has 0 aromatic heterocycles. The highest BCUT2D eigenvalue weighted by Gasteiger charge is 2.13. The molecule has 70 valence electrons. The molecule has 1 rings (SSSR count). The van der Waals surface area contributed by atoms with E-state index in [0.29, 0.717) is 0 Å². The van der Waals surface area contributed by atoms with Gasteiger partial charge in [0.25, 0.3) is 0 Å². The first kappa shape index (κ1) is 9.92. The summed E-state index contributed by atoms with van der Waals surface area (Å²) in [5.74, 6) is 0. The van der Waals surface area contributed by atoms with Crippen LogP contribution in [0.5, 0.6) is 0 Å². The molecule has 2 unspecified atom stereocenters. The summed E-state index contributed by atoms with van der Waals surface area (Å²) in [5.41, 5.74) is 16.6. The molecular weight excluding hydrogens is 180 g/mol. The average molecular weight is 188 g/mol. The largest absolute Gasteiger partial charge is 0.0858 e. The molecule has 0 heterocycles. The van der Waals surface area contributed by atoms with Crippen LogP contribution in [0, 0.1) is 0 Å². The molecule has 2 atom stereocenters. The molecule has 0 fully saturated rings. The zero-order valence-corrected chi connectivity index (χ0v) is 7.30. The molecule has 0 saturated heterocycles. The Balaban J connectivity index is 3.00. The first-order chi connectivity index (χ1) is 6.88. The number of allylic oxidation sites excluding steroid dienone is 4. The lowest BCUT2D eigenvalue weighted by Crippen LogP contribution is -2.17. The second-order valence-corrected chi connectivity index (χ2v) is 2.55. The lowest BCUT2D eigenvalue weighted by molar-refractivity contribution is 0.695. The maximum atomic E-state index is 8.31. The summed E-state index contributed by atoms with van der Waals surface area (Å²) in [4.78, 5) is 5.39. The maximum absolute atomic E-state index is 8.31. The van der Waals surface area contributed by atoms with Gasteiger partial charge in [0.2, 0.25) is 0 Å². The van der Waals surface area contributed by atoms with Crippen LogP contribution in [0.15, 0.2) is 46.7 Å². The standard InChI is InChI=1S/C8H8N6/c9-13-11-7-5-3-1-2-4-6-8(7)12-14-10/h1-8H/b2-1-,5-3-,6-4-. The third-order valence-electron chi connectivity index (χ3n) is 1.67. The Morgan fingerprint density at radius 2 is 1.21 bits per heavy atom. The molecule has 0 aromatic rings. The van der Waals surface area contributed by atoms with Crippen LogP contribution in [0.1, 0.15) is 0 Å². The molecule has 0 amide bonds. The van der Waals surface area contributed by atoms with E-state index in [0.717, 1.165) is 0 Å². The van der Waals surface area contributed by atoms with Crippen molar-refractivity contribution < 1.29 is 0 Å². The lowest BCUT2D eigenvalue weighted by atomic mass is 10.1. The second kappa shape index (κ2) is 5.48. The van der Waals surface area contributed by atoms with E-state index in [1.165, 1.54) is 0 Å². The van der Waals surface area contributed by atoms with Gasteiger partial charge >= 0.3 is 0 Å². The van der Waals surface area contributed by atoms with Crippen molar-refractivity contribution >= 4 is 0 Å². The van der Waals surface area contributed by atoms with Gasteiger partial charge in [-0.25, -0.2) is 0 Å². The van der Waals surface area contributed by atoms with Crippen LogP contribution >= 0.6 is 0 Å². The molecule has 0 spiro atoms. The summed E-state index contributed by atoms with van der Waals surface area (Å²) >= 11 is 0. The zero-order valence-electron chi connectivity index (χ0n) is 7.30. The minimum Gasteiger partial charge on any atom is -0.0858 e. The third kappa shape index (κ3) is 2.71. The van der Waals surface area contributed by atoms with E-state index in [-0.39, 0.29) is 0 Å². The predicted octanol–water partition coefficient (Wildman–Crippen LogP) is 3.03. The molecule has 0 aliphatic heterocycles. The monoisotopic (exact) mass is 188 g/mol. The van der Waals surface area contributed by atoms with Crippen LogP contribution in [0.3, 0.4) is 0 Å². The molecule has 6 nitrogen and oxygen atoms in total. The van der Waals surface area contributed by atoms with Gasteiger partial charge in [-0.1, -0.05) is 46.7 Å². The van der Waals surface area contributed by atoms with Crippen molar-refractivity contribution in [1.29, 1.82) is 0 Å². The maximum Gasteiger partial charge on any atom is 0.0677 e. The van der Waals surface area contributed by atoms with E-state index in [1.807, 2.05) is 12.2 Å². The molecule has 14 heavy (non-hydrogen) atoms. The van der Waals surface area contributed by atoms with Crippen LogP contribution in [-0.4, -0.2) is 12.1 Å². The van der Waals surface area contributed by atoms with Crippen molar-refractivity contribution in [1.82, 2.24) is 0 Å². The van der Waals surface area contributed by atoms with Gasteiger partial charge in [-0.2, -0.15) is 0 Å². The van der Waals surface area contributed by atoms with Crippen LogP contribution in [-0.2, 0) is 0 Å². The number of azide groups is 2. The van der Waals surface area contributed by atoms with Crippen molar-refractivity contribution in [3.63, 3.8) is 0 Å². The minimum atomic E-state index is -0.461. The smallest absolute Gasteiger partial charge is 0.0677 e.